The van der Waals surface area contributed by atoms with Gasteiger partial charge < -0.3 is 19.2 Å². The van der Waals surface area contributed by atoms with E-state index in [2.05, 4.69) is 20.9 Å². The Bertz CT molecular complexity index is 970. The van der Waals surface area contributed by atoms with Crippen LogP contribution in [-0.2, 0) is 28.9 Å². The van der Waals surface area contributed by atoms with Crippen molar-refractivity contribution in [3.63, 3.8) is 0 Å². The molecule has 1 aromatic carbocycles. The Morgan fingerprint density at radius 3 is 2.85 bits per heavy atom. The van der Waals surface area contributed by atoms with E-state index < -0.39 is 11.6 Å². The van der Waals surface area contributed by atoms with E-state index in [1.165, 1.54) is 12.1 Å². The number of ether oxygens (including phenoxy) is 1. The lowest BCUT2D eigenvalue weighted by molar-refractivity contribution is -0.141. The summed E-state index contributed by atoms with van der Waals surface area (Å²) in [5, 5.41) is 0. The minimum Gasteiger partial charge on any atom is -0.377 e. The van der Waals surface area contributed by atoms with E-state index in [1.807, 2.05) is 4.57 Å². The molecular formula is C18H18BrF2N3O2S. The second kappa shape index (κ2) is 7.10. The number of nitrogens with zero attached hydrogens (tertiary/aromatic N) is 2. The van der Waals surface area contributed by atoms with Crippen LogP contribution in [0.2, 0.25) is 0 Å². The molecule has 2 aromatic rings. The van der Waals surface area contributed by atoms with Gasteiger partial charge in [-0.1, -0.05) is 0 Å². The van der Waals surface area contributed by atoms with Crippen LogP contribution >= 0.6 is 28.1 Å². The monoisotopic (exact) mass is 457 g/mol. The summed E-state index contributed by atoms with van der Waals surface area (Å²) in [6, 6.07) is 2.73. The van der Waals surface area contributed by atoms with E-state index in [-0.39, 0.29) is 34.3 Å². The first-order chi connectivity index (χ1) is 12.9. The fraction of sp³-hybridized carbons (Fsp3) is 0.444. The van der Waals surface area contributed by atoms with Crippen LogP contribution in [-0.4, -0.2) is 46.7 Å². The Hall–Kier alpha value is -1.58. The molecule has 144 valence electrons. The van der Waals surface area contributed by atoms with Crippen LogP contribution in [0.3, 0.4) is 0 Å². The third-order valence-electron chi connectivity index (χ3n) is 5.40. The molecule has 1 fully saturated rings. The number of carbonyl (C=O) groups excluding carboxylic acids is 1. The molecule has 5 nitrogen and oxygen atoms in total. The first-order valence-corrected chi connectivity index (χ1v) is 9.84. The highest BCUT2D eigenvalue weighted by Gasteiger charge is 2.33. The summed E-state index contributed by atoms with van der Waals surface area (Å²) in [6.07, 6.45) is 0.603. The summed E-state index contributed by atoms with van der Waals surface area (Å²) in [4.78, 5) is 17.3. The number of halogens is 3. The number of carbonyl (C=O) groups is 1. The molecular weight excluding hydrogens is 440 g/mol. The number of fused-ring (bicyclic) bond motifs is 1. The number of amides is 1. The highest BCUT2D eigenvalue weighted by atomic mass is 79.9. The molecule has 1 atom stereocenters. The largest absolute Gasteiger partial charge is 0.377 e. The van der Waals surface area contributed by atoms with Crippen molar-refractivity contribution in [2.45, 2.75) is 31.3 Å². The number of likely N-dealkylation sites (N-methyl/N-ethyl adjacent to an activating group) is 1. The van der Waals surface area contributed by atoms with Gasteiger partial charge in [0, 0.05) is 36.5 Å². The lowest BCUT2D eigenvalue weighted by Gasteiger charge is -2.34. The van der Waals surface area contributed by atoms with Crippen LogP contribution in [0.4, 0.5) is 8.78 Å². The molecule has 2 aliphatic heterocycles. The van der Waals surface area contributed by atoms with Crippen LogP contribution in [0, 0.1) is 16.4 Å². The van der Waals surface area contributed by atoms with Crippen molar-refractivity contribution in [2.75, 3.05) is 20.3 Å². The van der Waals surface area contributed by atoms with Gasteiger partial charge in [0.25, 0.3) is 0 Å². The number of rotatable bonds is 4. The Morgan fingerprint density at radius 1 is 1.44 bits per heavy atom. The fourth-order valence-corrected chi connectivity index (χ4v) is 4.34. The maximum absolute atomic E-state index is 14.5. The number of hydrogen-bond donors (Lipinski definition) is 1. The van der Waals surface area contributed by atoms with Crippen molar-refractivity contribution in [1.29, 1.82) is 0 Å². The third-order valence-corrected chi connectivity index (χ3v) is 6.33. The normalized spacial score (nSPS) is 19.0. The highest BCUT2D eigenvalue weighted by molar-refractivity contribution is 9.10. The Morgan fingerprint density at radius 2 is 2.19 bits per heavy atom. The van der Waals surface area contributed by atoms with Gasteiger partial charge in [-0.15, -0.1) is 0 Å². The van der Waals surface area contributed by atoms with Crippen LogP contribution < -0.4 is 0 Å². The quantitative estimate of drug-likeness (QED) is 0.565. The number of H-pyrrole nitrogens is 1. The molecule has 0 aliphatic carbocycles. The number of aromatic nitrogens is 2. The van der Waals surface area contributed by atoms with Crippen molar-refractivity contribution in [3.05, 3.63) is 50.0 Å². The molecule has 1 saturated heterocycles. The predicted molar refractivity (Wildman–Crippen MR) is 101 cm³/mol. The number of benzene rings is 1. The standard InChI is InChI=1S/C18H18BrF2N3O2S/c1-23(10-7-26-8-10)15(25)5-13-14-4-9(6-24(14)18(27)22-13)16-12(20)3-2-11(19)17(16)21/h2-3,9-10H,4-8H2,1H3,(H,22,27)/t9-/m1/s1. The first-order valence-electron chi connectivity index (χ1n) is 8.64. The van der Waals surface area contributed by atoms with Crippen LogP contribution in [0.1, 0.15) is 22.9 Å². The fourth-order valence-electron chi connectivity index (χ4n) is 3.68. The third kappa shape index (κ3) is 3.25. The van der Waals surface area contributed by atoms with Gasteiger partial charge in [-0.05, 0) is 46.7 Å². The Kier molecular flexibility index (Phi) is 4.94. The number of hydrogen-bond acceptors (Lipinski definition) is 3. The first kappa shape index (κ1) is 18.8. The average molecular weight is 458 g/mol. The summed E-state index contributed by atoms with van der Waals surface area (Å²) in [5.41, 5.74) is 1.62. The summed E-state index contributed by atoms with van der Waals surface area (Å²) in [6.45, 7) is 1.49. The summed E-state index contributed by atoms with van der Waals surface area (Å²) < 4.78 is 36.5. The lowest BCUT2D eigenvalue weighted by Crippen LogP contribution is -2.50. The van der Waals surface area contributed by atoms with E-state index in [0.29, 0.717) is 31.0 Å². The van der Waals surface area contributed by atoms with Crippen LogP contribution in [0.15, 0.2) is 16.6 Å². The van der Waals surface area contributed by atoms with Crippen molar-refractivity contribution < 1.29 is 18.3 Å². The van der Waals surface area contributed by atoms with Gasteiger partial charge in [-0.2, -0.15) is 0 Å². The molecule has 4 rings (SSSR count). The second-order valence-electron chi connectivity index (χ2n) is 7.00. The molecule has 0 saturated carbocycles. The zero-order valence-electron chi connectivity index (χ0n) is 14.6. The minimum atomic E-state index is -0.581. The Labute approximate surface area is 168 Å². The molecule has 3 heterocycles. The van der Waals surface area contributed by atoms with Gasteiger partial charge in [-0.25, -0.2) is 8.78 Å². The van der Waals surface area contributed by atoms with Gasteiger partial charge in [0.05, 0.1) is 30.1 Å². The summed E-state index contributed by atoms with van der Waals surface area (Å²) in [7, 11) is 1.76. The lowest BCUT2D eigenvalue weighted by atomic mass is 9.95. The summed E-state index contributed by atoms with van der Waals surface area (Å²) in [5.74, 6) is -1.54. The van der Waals surface area contributed by atoms with Gasteiger partial charge in [0.1, 0.15) is 11.6 Å². The van der Waals surface area contributed by atoms with E-state index in [9.17, 15) is 13.6 Å². The molecule has 0 radical (unpaired) electrons. The average Bonchev–Trinajstić information content (AvgIpc) is 3.11. The van der Waals surface area contributed by atoms with Gasteiger partial charge in [0.2, 0.25) is 5.91 Å². The SMILES string of the molecule is CN(C(=O)Cc1[nH]c(=S)n2c1C[C@@H](c1c(F)ccc(Br)c1F)C2)C1COC1. The van der Waals surface area contributed by atoms with Crippen LogP contribution in [0.25, 0.3) is 0 Å². The molecule has 0 bridgehead atoms. The smallest absolute Gasteiger partial charge is 0.228 e. The number of imidazole rings is 1. The highest BCUT2D eigenvalue weighted by Crippen LogP contribution is 2.36. The molecule has 1 amide bonds. The predicted octanol–water partition coefficient (Wildman–Crippen LogP) is 3.33. The van der Waals surface area contributed by atoms with E-state index in [4.69, 9.17) is 17.0 Å². The van der Waals surface area contributed by atoms with Crippen LogP contribution in [0.5, 0.6) is 0 Å². The molecule has 1 aromatic heterocycles. The second-order valence-corrected chi connectivity index (χ2v) is 8.24. The van der Waals surface area contributed by atoms with Gasteiger partial charge in [0.15, 0.2) is 4.77 Å². The zero-order valence-corrected chi connectivity index (χ0v) is 17.0. The van der Waals surface area contributed by atoms with Gasteiger partial charge in [-0.3, -0.25) is 4.79 Å². The minimum absolute atomic E-state index is 0.0359. The van der Waals surface area contributed by atoms with E-state index in [0.717, 1.165) is 11.4 Å². The maximum atomic E-state index is 14.5. The number of nitrogens with one attached hydrogen (secondary N) is 1. The van der Waals surface area contributed by atoms with Crippen molar-refractivity contribution in [2.24, 2.45) is 0 Å². The maximum Gasteiger partial charge on any atom is 0.228 e. The molecule has 9 heteroatoms. The molecule has 0 spiro atoms. The summed E-state index contributed by atoms with van der Waals surface area (Å²) >= 11 is 8.48. The van der Waals surface area contributed by atoms with E-state index >= 15 is 0 Å². The molecule has 0 unspecified atom stereocenters. The van der Waals surface area contributed by atoms with Gasteiger partial charge >= 0.3 is 0 Å². The zero-order chi connectivity index (χ0) is 19.3. The molecule has 2 aliphatic rings. The topological polar surface area (TPSA) is 50.3 Å². The number of aromatic amines is 1. The van der Waals surface area contributed by atoms with E-state index in [1.54, 1.807) is 11.9 Å². The van der Waals surface area contributed by atoms with Crippen molar-refractivity contribution in [3.8, 4) is 0 Å². The van der Waals surface area contributed by atoms with Crippen molar-refractivity contribution >= 4 is 34.1 Å². The molecule has 1 N–H and O–H groups in total. The van der Waals surface area contributed by atoms with Crippen molar-refractivity contribution in [1.82, 2.24) is 14.5 Å². The molecule has 27 heavy (non-hydrogen) atoms. The Balaban J connectivity index is 1.58.